The van der Waals surface area contributed by atoms with Gasteiger partial charge in [0, 0.05) is 30.7 Å². The summed E-state index contributed by atoms with van der Waals surface area (Å²) in [6.07, 6.45) is 2.01. The van der Waals surface area contributed by atoms with E-state index in [1.54, 1.807) is 17.0 Å². The number of nitrogens with zero attached hydrogens (tertiary/aromatic N) is 4. The first-order chi connectivity index (χ1) is 16.4. The first-order valence-corrected chi connectivity index (χ1v) is 12.0. The maximum Gasteiger partial charge on any atom is 0.415 e. The SMILES string of the molecule is Cn1c(CNC(=O)CN2CCC[C@@]3(CC2)CN(c2ccc(Cl)cc2)C(=O)O3)nc2ccccc21. The summed E-state index contributed by atoms with van der Waals surface area (Å²) in [5, 5.41) is 3.63. The number of rotatable bonds is 5. The predicted molar refractivity (Wildman–Crippen MR) is 131 cm³/mol. The number of halogens is 1. The zero-order chi connectivity index (χ0) is 23.7. The molecule has 2 saturated heterocycles. The highest BCUT2D eigenvalue weighted by atomic mass is 35.5. The molecule has 34 heavy (non-hydrogen) atoms. The second kappa shape index (κ2) is 9.27. The zero-order valence-electron chi connectivity index (χ0n) is 19.2. The molecule has 0 saturated carbocycles. The molecule has 1 spiro atoms. The number of hydrogen-bond donors (Lipinski definition) is 1. The van der Waals surface area contributed by atoms with E-state index in [1.165, 1.54) is 0 Å². The molecule has 3 heterocycles. The summed E-state index contributed by atoms with van der Waals surface area (Å²) in [5.41, 5.74) is 2.23. The predicted octanol–water partition coefficient (Wildman–Crippen LogP) is 3.72. The fourth-order valence-electron chi connectivity index (χ4n) is 4.87. The van der Waals surface area contributed by atoms with Crippen LogP contribution in [0.5, 0.6) is 0 Å². The number of likely N-dealkylation sites (tertiary alicyclic amines) is 1. The van der Waals surface area contributed by atoms with E-state index in [2.05, 4.69) is 15.2 Å². The van der Waals surface area contributed by atoms with Crippen LogP contribution in [0.15, 0.2) is 48.5 Å². The van der Waals surface area contributed by atoms with Gasteiger partial charge in [-0.3, -0.25) is 14.6 Å². The van der Waals surface area contributed by atoms with Gasteiger partial charge in [-0.25, -0.2) is 9.78 Å². The van der Waals surface area contributed by atoms with E-state index in [1.807, 2.05) is 48.0 Å². The average molecular weight is 482 g/mol. The third-order valence-electron chi connectivity index (χ3n) is 6.79. The Balaban J connectivity index is 1.16. The lowest BCUT2D eigenvalue weighted by Crippen LogP contribution is -2.39. The van der Waals surface area contributed by atoms with Crippen molar-refractivity contribution >= 4 is 40.3 Å². The number of hydrogen-bond acceptors (Lipinski definition) is 5. The fraction of sp³-hybridized carbons (Fsp3) is 0.400. The largest absolute Gasteiger partial charge is 0.441 e. The van der Waals surface area contributed by atoms with Crippen molar-refractivity contribution in [3.05, 3.63) is 59.4 Å². The first kappa shape index (κ1) is 22.7. The maximum absolute atomic E-state index is 12.7. The number of ether oxygens (including phenoxy) is 1. The minimum Gasteiger partial charge on any atom is -0.441 e. The van der Waals surface area contributed by atoms with Gasteiger partial charge in [0.15, 0.2) is 0 Å². The molecule has 3 aromatic rings. The Hall–Kier alpha value is -3.10. The number of fused-ring (bicyclic) bond motifs is 1. The highest BCUT2D eigenvalue weighted by Crippen LogP contribution is 2.36. The van der Waals surface area contributed by atoms with Crippen molar-refractivity contribution in [2.75, 3.05) is 31.1 Å². The molecule has 178 valence electrons. The van der Waals surface area contributed by atoms with Crippen LogP contribution in [-0.4, -0.2) is 58.2 Å². The molecular formula is C25H28ClN5O3. The molecule has 1 N–H and O–H groups in total. The standard InChI is InChI=1S/C25H28ClN5O3/c1-29-21-6-3-2-5-20(21)28-22(29)15-27-23(32)16-30-13-4-11-25(12-14-30)17-31(24(33)34-25)19-9-7-18(26)8-10-19/h2-3,5-10H,4,11-17H2,1H3,(H,27,32)/t25-/m1/s1. The summed E-state index contributed by atoms with van der Waals surface area (Å²) in [7, 11) is 1.96. The first-order valence-electron chi connectivity index (χ1n) is 11.6. The number of carbonyl (C=O) groups excluding carboxylic acids is 2. The van der Waals surface area contributed by atoms with Crippen LogP contribution >= 0.6 is 11.6 Å². The van der Waals surface area contributed by atoms with E-state index in [4.69, 9.17) is 16.3 Å². The van der Waals surface area contributed by atoms with E-state index in [0.29, 0.717) is 37.6 Å². The second-order valence-corrected chi connectivity index (χ2v) is 9.53. The summed E-state index contributed by atoms with van der Waals surface area (Å²) in [6, 6.07) is 15.1. The third-order valence-corrected chi connectivity index (χ3v) is 7.04. The molecule has 2 aliphatic rings. The third kappa shape index (κ3) is 4.60. The summed E-state index contributed by atoms with van der Waals surface area (Å²) >= 11 is 5.98. The van der Waals surface area contributed by atoms with Crippen molar-refractivity contribution in [3.63, 3.8) is 0 Å². The number of nitrogens with one attached hydrogen (secondary N) is 1. The minimum atomic E-state index is -0.519. The Bertz CT molecular complexity index is 1210. The van der Waals surface area contributed by atoms with Crippen molar-refractivity contribution in [1.29, 1.82) is 0 Å². The quantitative estimate of drug-likeness (QED) is 0.600. The number of para-hydroxylation sites is 2. The van der Waals surface area contributed by atoms with E-state index in [-0.39, 0.29) is 12.0 Å². The molecule has 8 nitrogen and oxygen atoms in total. The maximum atomic E-state index is 12.7. The summed E-state index contributed by atoms with van der Waals surface area (Å²) in [5.74, 6) is 0.791. The zero-order valence-corrected chi connectivity index (χ0v) is 19.9. The van der Waals surface area contributed by atoms with Gasteiger partial charge >= 0.3 is 6.09 Å². The molecule has 2 aliphatic heterocycles. The molecule has 2 aromatic carbocycles. The molecule has 0 bridgehead atoms. The average Bonchev–Trinajstić information content (AvgIpc) is 3.25. The molecule has 1 aromatic heterocycles. The van der Waals surface area contributed by atoms with Crippen LogP contribution in [0, 0.1) is 0 Å². The molecule has 2 amide bonds. The second-order valence-electron chi connectivity index (χ2n) is 9.10. The lowest BCUT2D eigenvalue weighted by atomic mass is 9.95. The van der Waals surface area contributed by atoms with Gasteiger partial charge in [-0.2, -0.15) is 0 Å². The number of benzene rings is 2. The molecule has 0 unspecified atom stereocenters. The lowest BCUT2D eigenvalue weighted by molar-refractivity contribution is -0.122. The summed E-state index contributed by atoms with van der Waals surface area (Å²) in [6.45, 7) is 2.70. The monoisotopic (exact) mass is 481 g/mol. The Labute approximate surface area is 203 Å². The van der Waals surface area contributed by atoms with Crippen LogP contribution < -0.4 is 10.2 Å². The number of carbonyl (C=O) groups is 2. The highest BCUT2D eigenvalue weighted by Gasteiger charge is 2.46. The van der Waals surface area contributed by atoms with Crippen molar-refractivity contribution in [2.45, 2.75) is 31.4 Å². The Kier molecular flexibility index (Phi) is 6.18. The van der Waals surface area contributed by atoms with Crippen molar-refractivity contribution in [2.24, 2.45) is 7.05 Å². The van der Waals surface area contributed by atoms with Crippen molar-refractivity contribution < 1.29 is 14.3 Å². The van der Waals surface area contributed by atoms with Crippen LogP contribution in [0.1, 0.15) is 25.1 Å². The number of aromatic nitrogens is 2. The number of anilines is 1. The Morgan fingerprint density at radius 3 is 2.74 bits per heavy atom. The van der Waals surface area contributed by atoms with E-state index < -0.39 is 5.60 Å². The smallest absolute Gasteiger partial charge is 0.415 e. The number of aryl methyl sites for hydroxylation is 1. The molecule has 0 radical (unpaired) electrons. The molecule has 1 atom stereocenters. The number of imidazole rings is 1. The summed E-state index contributed by atoms with van der Waals surface area (Å²) < 4.78 is 7.89. The fourth-order valence-corrected chi connectivity index (χ4v) is 5.00. The van der Waals surface area contributed by atoms with Crippen LogP contribution in [0.4, 0.5) is 10.5 Å². The highest BCUT2D eigenvalue weighted by molar-refractivity contribution is 6.30. The van der Waals surface area contributed by atoms with E-state index >= 15 is 0 Å². The molecule has 2 fully saturated rings. The molecular weight excluding hydrogens is 454 g/mol. The van der Waals surface area contributed by atoms with Crippen LogP contribution in [-0.2, 0) is 23.1 Å². The van der Waals surface area contributed by atoms with E-state index in [0.717, 1.165) is 41.9 Å². The van der Waals surface area contributed by atoms with Crippen molar-refractivity contribution in [1.82, 2.24) is 19.8 Å². The molecule has 5 rings (SSSR count). The van der Waals surface area contributed by atoms with Gasteiger partial charge in [0.05, 0.1) is 30.7 Å². The van der Waals surface area contributed by atoms with Crippen LogP contribution in [0.2, 0.25) is 5.02 Å². The molecule has 9 heteroatoms. The normalized spacial score (nSPS) is 21.1. The number of amides is 2. The van der Waals surface area contributed by atoms with E-state index in [9.17, 15) is 9.59 Å². The van der Waals surface area contributed by atoms with Gasteiger partial charge in [-0.05, 0) is 55.8 Å². The van der Waals surface area contributed by atoms with Gasteiger partial charge in [-0.1, -0.05) is 23.7 Å². The van der Waals surface area contributed by atoms with Gasteiger partial charge in [-0.15, -0.1) is 0 Å². The van der Waals surface area contributed by atoms with Gasteiger partial charge < -0.3 is 14.6 Å². The van der Waals surface area contributed by atoms with Gasteiger partial charge in [0.25, 0.3) is 0 Å². The Morgan fingerprint density at radius 2 is 1.94 bits per heavy atom. The van der Waals surface area contributed by atoms with Gasteiger partial charge in [0.1, 0.15) is 11.4 Å². The molecule has 0 aliphatic carbocycles. The van der Waals surface area contributed by atoms with Crippen molar-refractivity contribution in [3.8, 4) is 0 Å². The van der Waals surface area contributed by atoms with Crippen LogP contribution in [0.3, 0.4) is 0 Å². The topological polar surface area (TPSA) is 79.7 Å². The van der Waals surface area contributed by atoms with Gasteiger partial charge in [0.2, 0.25) is 5.91 Å². The van der Waals surface area contributed by atoms with Crippen LogP contribution in [0.25, 0.3) is 11.0 Å². The minimum absolute atomic E-state index is 0.0331. The Morgan fingerprint density at radius 1 is 1.15 bits per heavy atom. The lowest BCUT2D eigenvalue weighted by Gasteiger charge is -2.25. The summed E-state index contributed by atoms with van der Waals surface area (Å²) in [4.78, 5) is 33.7.